The molecular formula is C21H21FN4O2. The third kappa shape index (κ3) is 4.43. The molecule has 3 rings (SSSR count). The zero-order chi connectivity index (χ0) is 20.1. The lowest BCUT2D eigenvalue weighted by atomic mass is 10.2. The Hall–Kier alpha value is -3.48. The molecule has 28 heavy (non-hydrogen) atoms. The van der Waals surface area contributed by atoms with Crippen molar-refractivity contribution in [1.82, 2.24) is 14.7 Å². The first kappa shape index (κ1) is 19.3. The molecule has 0 aliphatic rings. The molecule has 3 aromatic rings. The molecule has 0 spiro atoms. The summed E-state index contributed by atoms with van der Waals surface area (Å²) in [6.07, 6.45) is 0.313. The molecular weight excluding hydrogens is 359 g/mol. The molecule has 2 aromatic carbocycles. The Labute approximate surface area is 162 Å². The second-order valence-corrected chi connectivity index (χ2v) is 6.35. The Kier molecular flexibility index (Phi) is 5.84. The standard InChI is InChI=1S/C21H21FN4O2/c1-3-20(27)23-19-13-18(24-26(19)17-7-5-4-6-8-17)21(28)25(2)14-15-9-11-16(22)12-10-15/h4-13H,3,14H2,1-2H3,(H,23,27). The number of benzene rings is 2. The maximum absolute atomic E-state index is 13.1. The molecule has 0 saturated carbocycles. The van der Waals surface area contributed by atoms with E-state index in [2.05, 4.69) is 10.4 Å². The molecule has 0 unspecified atom stereocenters. The fraction of sp³-hybridized carbons (Fsp3) is 0.190. The summed E-state index contributed by atoms with van der Waals surface area (Å²) in [5.74, 6) is -0.367. The average Bonchev–Trinajstić information content (AvgIpc) is 3.13. The number of rotatable bonds is 6. The molecule has 7 heteroatoms. The predicted octanol–water partition coefficient (Wildman–Crippen LogP) is 3.63. The lowest BCUT2D eigenvalue weighted by Gasteiger charge is -2.15. The lowest BCUT2D eigenvalue weighted by molar-refractivity contribution is -0.115. The minimum atomic E-state index is -0.323. The van der Waals surface area contributed by atoms with E-state index in [9.17, 15) is 14.0 Å². The summed E-state index contributed by atoms with van der Waals surface area (Å²) in [4.78, 5) is 26.2. The first-order chi connectivity index (χ1) is 13.5. The van der Waals surface area contributed by atoms with Crippen LogP contribution in [-0.4, -0.2) is 33.5 Å². The van der Waals surface area contributed by atoms with Gasteiger partial charge in [-0.25, -0.2) is 9.07 Å². The van der Waals surface area contributed by atoms with E-state index in [1.807, 2.05) is 30.3 Å². The number of halogens is 1. The minimum Gasteiger partial charge on any atom is -0.336 e. The van der Waals surface area contributed by atoms with Gasteiger partial charge in [-0.05, 0) is 29.8 Å². The van der Waals surface area contributed by atoms with Crippen molar-refractivity contribution in [2.75, 3.05) is 12.4 Å². The Morgan fingerprint density at radius 1 is 1.11 bits per heavy atom. The maximum atomic E-state index is 13.1. The summed E-state index contributed by atoms with van der Waals surface area (Å²) >= 11 is 0. The van der Waals surface area contributed by atoms with Gasteiger partial charge < -0.3 is 10.2 Å². The van der Waals surface area contributed by atoms with Crippen molar-refractivity contribution in [2.24, 2.45) is 0 Å². The average molecular weight is 380 g/mol. The van der Waals surface area contributed by atoms with E-state index >= 15 is 0 Å². The summed E-state index contributed by atoms with van der Waals surface area (Å²) in [5, 5.41) is 7.17. The summed E-state index contributed by atoms with van der Waals surface area (Å²) < 4.78 is 14.6. The highest BCUT2D eigenvalue weighted by molar-refractivity contribution is 5.95. The lowest BCUT2D eigenvalue weighted by Crippen LogP contribution is -2.26. The van der Waals surface area contributed by atoms with E-state index in [-0.39, 0.29) is 23.3 Å². The number of para-hydroxylation sites is 1. The van der Waals surface area contributed by atoms with Crippen molar-refractivity contribution in [3.05, 3.63) is 77.7 Å². The number of hydrogen-bond acceptors (Lipinski definition) is 3. The molecule has 1 heterocycles. The van der Waals surface area contributed by atoms with Crippen LogP contribution < -0.4 is 5.32 Å². The summed E-state index contributed by atoms with van der Waals surface area (Å²) in [7, 11) is 1.65. The minimum absolute atomic E-state index is 0.171. The number of carbonyl (C=O) groups is 2. The van der Waals surface area contributed by atoms with Crippen LogP contribution >= 0.6 is 0 Å². The van der Waals surface area contributed by atoms with Crippen LogP contribution in [0.25, 0.3) is 5.69 Å². The molecule has 0 saturated heterocycles. The van der Waals surface area contributed by atoms with Gasteiger partial charge in [0.15, 0.2) is 5.69 Å². The fourth-order valence-corrected chi connectivity index (χ4v) is 2.70. The zero-order valence-corrected chi connectivity index (χ0v) is 15.7. The van der Waals surface area contributed by atoms with E-state index in [4.69, 9.17) is 0 Å². The number of aromatic nitrogens is 2. The van der Waals surface area contributed by atoms with Crippen LogP contribution in [0, 0.1) is 5.82 Å². The van der Waals surface area contributed by atoms with Crippen molar-refractivity contribution in [3.63, 3.8) is 0 Å². The number of carbonyl (C=O) groups excluding carboxylic acids is 2. The van der Waals surface area contributed by atoms with Crippen LogP contribution in [0.3, 0.4) is 0 Å². The quantitative estimate of drug-likeness (QED) is 0.710. The smallest absolute Gasteiger partial charge is 0.274 e. The highest BCUT2D eigenvalue weighted by atomic mass is 19.1. The molecule has 0 fully saturated rings. The second-order valence-electron chi connectivity index (χ2n) is 6.35. The topological polar surface area (TPSA) is 67.2 Å². The molecule has 1 N–H and O–H groups in total. The van der Waals surface area contributed by atoms with Gasteiger partial charge >= 0.3 is 0 Å². The van der Waals surface area contributed by atoms with Gasteiger partial charge in [-0.3, -0.25) is 9.59 Å². The van der Waals surface area contributed by atoms with Gasteiger partial charge in [0.25, 0.3) is 5.91 Å². The zero-order valence-electron chi connectivity index (χ0n) is 15.7. The third-order valence-electron chi connectivity index (χ3n) is 4.20. The normalized spacial score (nSPS) is 10.5. The van der Waals surface area contributed by atoms with Crippen LogP contribution in [0.4, 0.5) is 10.2 Å². The number of nitrogens with zero attached hydrogens (tertiary/aromatic N) is 3. The number of hydrogen-bond donors (Lipinski definition) is 1. The number of nitrogens with one attached hydrogen (secondary N) is 1. The highest BCUT2D eigenvalue weighted by Gasteiger charge is 2.20. The SMILES string of the molecule is CCC(=O)Nc1cc(C(=O)N(C)Cc2ccc(F)cc2)nn1-c1ccccc1. The van der Waals surface area contributed by atoms with Gasteiger partial charge in [0.2, 0.25) is 5.91 Å². The second kappa shape index (κ2) is 8.47. The maximum Gasteiger partial charge on any atom is 0.274 e. The van der Waals surface area contributed by atoms with Gasteiger partial charge in [-0.2, -0.15) is 5.10 Å². The first-order valence-corrected chi connectivity index (χ1v) is 8.93. The van der Waals surface area contributed by atoms with Crippen molar-refractivity contribution in [1.29, 1.82) is 0 Å². The van der Waals surface area contributed by atoms with Crippen LogP contribution in [0.1, 0.15) is 29.4 Å². The first-order valence-electron chi connectivity index (χ1n) is 8.93. The predicted molar refractivity (Wildman–Crippen MR) is 105 cm³/mol. The molecule has 0 atom stereocenters. The fourth-order valence-electron chi connectivity index (χ4n) is 2.70. The van der Waals surface area contributed by atoms with Crippen LogP contribution in [0.2, 0.25) is 0 Å². The van der Waals surface area contributed by atoms with Crippen molar-refractivity contribution in [3.8, 4) is 5.69 Å². The van der Waals surface area contributed by atoms with Gasteiger partial charge in [0, 0.05) is 26.1 Å². The van der Waals surface area contributed by atoms with E-state index < -0.39 is 0 Å². The molecule has 0 bridgehead atoms. The monoisotopic (exact) mass is 380 g/mol. The van der Waals surface area contributed by atoms with Gasteiger partial charge in [-0.1, -0.05) is 37.3 Å². The third-order valence-corrected chi connectivity index (χ3v) is 4.20. The Bertz CT molecular complexity index is 968. The molecule has 144 valence electrons. The largest absolute Gasteiger partial charge is 0.336 e. The van der Waals surface area contributed by atoms with Gasteiger partial charge in [-0.15, -0.1) is 0 Å². The number of amides is 2. The van der Waals surface area contributed by atoms with Crippen molar-refractivity contribution < 1.29 is 14.0 Å². The Morgan fingerprint density at radius 3 is 2.43 bits per heavy atom. The van der Waals surface area contributed by atoms with E-state index in [0.717, 1.165) is 11.3 Å². The summed E-state index contributed by atoms with van der Waals surface area (Å²) in [6.45, 7) is 2.06. The highest BCUT2D eigenvalue weighted by Crippen LogP contribution is 2.19. The molecule has 1 aromatic heterocycles. The van der Waals surface area contributed by atoms with Gasteiger partial charge in [0.05, 0.1) is 5.69 Å². The van der Waals surface area contributed by atoms with Gasteiger partial charge in [0.1, 0.15) is 11.6 Å². The van der Waals surface area contributed by atoms with E-state index in [1.54, 1.807) is 32.2 Å². The Morgan fingerprint density at radius 2 is 1.79 bits per heavy atom. The summed E-state index contributed by atoms with van der Waals surface area (Å²) in [6, 6.07) is 16.8. The molecule has 2 amide bonds. The van der Waals surface area contributed by atoms with E-state index in [0.29, 0.717) is 18.8 Å². The van der Waals surface area contributed by atoms with E-state index in [1.165, 1.54) is 21.7 Å². The van der Waals surface area contributed by atoms with Crippen LogP contribution in [0.15, 0.2) is 60.7 Å². The summed E-state index contributed by atoms with van der Waals surface area (Å²) in [5.41, 5.74) is 1.74. The molecule has 6 nitrogen and oxygen atoms in total. The van der Waals surface area contributed by atoms with Crippen molar-refractivity contribution >= 4 is 17.6 Å². The molecule has 0 aliphatic heterocycles. The van der Waals surface area contributed by atoms with Crippen LogP contribution in [0.5, 0.6) is 0 Å². The molecule has 0 aliphatic carbocycles. The molecule has 0 radical (unpaired) electrons. The number of anilines is 1. The Balaban J connectivity index is 1.87. The van der Waals surface area contributed by atoms with Crippen LogP contribution in [-0.2, 0) is 11.3 Å². The van der Waals surface area contributed by atoms with Crippen molar-refractivity contribution in [2.45, 2.75) is 19.9 Å².